The Morgan fingerprint density at radius 2 is 2.11 bits per heavy atom. The summed E-state index contributed by atoms with van der Waals surface area (Å²) in [6.45, 7) is 2.26. The highest BCUT2D eigenvalue weighted by atomic mass is 14.8. The monoisotopic (exact) mass is 254 g/mol. The number of aromatic nitrogens is 1. The Labute approximate surface area is 115 Å². The lowest BCUT2D eigenvalue weighted by molar-refractivity contribution is 0.185. The number of pyridine rings is 1. The Balaban J connectivity index is 2.16. The Morgan fingerprint density at radius 3 is 2.95 bits per heavy atom. The van der Waals surface area contributed by atoms with E-state index in [0.29, 0.717) is 5.92 Å². The highest BCUT2D eigenvalue weighted by molar-refractivity contribution is 5.82. The fraction of sp³-hybridized carbons (Fsp3) is 0.471. The van der Waals surface area contributed by atoms with Gasteiger partial charge in [0.15, 0.2) is 0 Å². The maximum absolute atomic E-state index is 6.86. The van der Waals surface area contributed by atoms with Gasteiger partial charge in [0, 0.05) is 17.1 Å². The molecule has 1 aliphatic carbocycles. The van der Waals surface area contributed by atoms with E-state index in [4.69, 9.17) is 5.73 Å². The summed E-state index contributed by atoms with van der Waals surface area (Å²) in [4.78, 5) is 4.59. The van der Waals surface area contributed by atoms with E-state index >= 15 is 0 Å². The fourth-order valence-electron chi connectivity index (χ4n) is 3.67. The standard InChI is InChI=1S/C17H22N2/c1-2-14-9-3-4-11-17(14,18)15-10-5-7-13-8-6-12-19-16(13)15/h5-8,10,12,14H,2-4,9,11,18H2,1H3. The van der Waals surface area contributed by atoms with Gasteiger partial charge >= 0.3 is 0 Å². The smallest absolute Gasteiger partial charge is 0.0752 e. The van der Waals surface area contributed by atoms with Gasteiger partial charge in [0.1, 0.15) is 0 Å². The van der Waals surface area contributed by atoms with Crippen LogP contribution in [0.15, 0.2) is 36.5 Å². The van der Waals surface area contributed by atoms with Gasteiger partial charge in [-0.25, -0.2) is 0 Å². The maximum Gasteiger partial charge on any atom is 0.0752 e. The van der Waals surface area contributed by atoms with E-state index in [9.17, 15) is 0 Å². The molecule has 1 aliphatic rings. The molecule has 2 unspecified atom stereocenters. The number of para-hydroxylation sites is 1. The van der Waals surface area contributed by atoms with Crippen LogP contribution < -0.4 is 5.73 Å². The molecule has 0 saturated heterocycles. The summed E-state index contributed by atoms with van der Waals surface area (Å²) in [6.07, 6.45) is 7.90. The average molecular weight is 254 g/mol. The van der Waals surface area contributed by atoms with Crippen molar-refractivity contribution in [2.75, 3.05) is 0 Å². The zero-order chi connectivity index (χ0) is 13.3. The van der Waals surface area contributed by atoms with Crippen molar-refractivity contribution in [2.45, 2.75) is 44.6 Å². The van der Waals surface area contributed by atoms with Gasteiger partial charge in [-0.15, -0.1) is 0 Å². The maximum atomic E-state index is 6.86. The molecule has 2 nitrogen and oxygen atoms in total. The molecule has 1 aromatic carbocycles. The summed E-state index contributed by atoms with van der Waals surface area (Å²) >= 11 is 0. The highest BCUT2D eigenvalue weighted by Gasteiger charge is 2.38. The first-order valence-corrected chi connectivity index (χ1v) is 7.39. The number of benzene rings is 1. The molecule has 1 aromatic heterocycles. The van der Waals surface area contributed by atoms with Crippen molar-refractivity contribution >= 4 is 10.9 Å². The molecule has 0 spiro atoms. The number of rotatable bonds is 2. The number of nitrogens with zero attached hydrogens (tertiary/aromatic N) is 1. The molecular weight excluding hydrogens is 232 g/mol. The predicted octanol–water partition coefficient (Wildman–Crippen LogP) is 3.99. The van der Waals surface area contributed by atoms with E-state index in [1.54, 1.807) is 0 Å². The molecule has 0 bridgehead atoms. The van der Waals surface area contributed by atoms with Gasteiger partial charge in [-0.3, -0.25) is 4.98 Å². The van der Waals surface area contributed by atoms with Crippen LogP contribution in [0.5, 0.6) is 0 Å². The molecule has 3 rings (SSSR count). The van der Waals surface area contributed by atoms with Gasteiger partial charge < -0.3 is 5.73 Å². The molecule has 2 atom stereocenters. The van der Waals surface area contributed by atoms with E-state index in [1.165, 1.54) is 30.2 Å². The van der Waals surface area contributed by atoms with Crippen LogP contribution in [0.3, 0.4) is 0 Å². The Hall–Kier alpha value is -1.41. The third-order valence-electron chi connectivity index (χ3n) is 4.75. The molecule has 0 aliphatic heterocycles. The van der Waals surface area contributed by atoms with Gasteiger partial charge in [-0.2, -0.15) is 0 Å². The Morgan fingerprint density at radius 1 is 1.26 bits per heavy atom. The second-order valence-corrected chi connectivity index (χ2v) is 5.77. The molecule has 1 saturated carbocycles. The third-order valence-corrected chi connectivity index (χ3v) is 4.75. The van der Waals surface area contributed by atoms with Crippen LogP contribution in [0.4, 0.5) is 0 Å². The molecule has 2 heteroatoms. The van der Waals surface area contributed by atoms with E-state index in [2.05, 4.69) is 36.2 Å². The quantitative estimate of drug-likeness (QED) is 0.880. The van der Waals surface area contributed by atoms with Crippen LogP contribution in [-0.4, -0.2) is 4.98 Å². The molecule has 2 aromatic rings. The molecule has 1 fully saturated rings. The van der Waals surface area contributed by atoms with Crippen molar-refractivity contribution < 1.29 is 0 Å². The van der Waals surface area contributed by atoms with Crippen molar-refractivity contribution in [3.05, 3.63) is 42.1 Å². The molecule has 1 heterocycles. The number of fused-ring (bicyclic) bond motifs is 1. The summed E-state index contributed by atoms with van der Waals surface area (Å²) in [5, 5.41) is 1.20. The zero-order valence-electron chi connectivity index (χ0n) is 11.6. The first kappa shape index (κ1) is 12.6. The third kappa shape index (κ3) is 2.04. The second kappa shape index (κ2) is 4.93. The van der Waals surface area contributed by atoms with Crippen LogP contribution in [0.25, 0.3) is 10.9 Å². The summed E-state index contributed by atoms with van der Waals surface area (Å²) in [5.74, 6) is 0.578. The lowest BCUT2D eigenvalue weighted by Crippen LogP contribution is -2.46. The normalized spacial score (nSPS) is 27.6. The van der Waals surface area contributed by atoms with Gasteiger partial charge in [-0.1, -0.05) is 50.5 Å². The van der Waals surface area contributed by atoms with Crippen molar-refractivity contribution in [1.82, 2.24) is 4.98 Å². The van der Waals surface area contributed by atoms with Crippen LogP contribution in [0, 0.1) is 5.92 Å². The van der Waals surface area contributed by atoms with Crippen LogP contribution in [0.1, 0.15) is 44.6 Å². The summed E-state index contributed by atoms with van der Waals surface area (Å²) in [5.41, 5.74) is 9.01. The number of hydrogen-bond donors (Lipinski definition) is 1. The second-order valence-electron chi connectivity index (χ2n) is 5.77. The number of nitrogens with two attached hydrogens (primary N) is 1. The lowest BCUT2D eigenvalue weighted by Gasteiger charge is -2.41. The van der Waals surface area contributed by atoms with Gasteiger partial charge in [0.25, 0.3) is 0 Å². The van der Waals surface area contributed by atoms with E-state index in [0.717, 1.165) is 18.4 Å². The molecule has 19 heavy (non-hydrogen) atoms. The predicted molar refractivity (Wildman–Crippen MR) is 79.9 cm³/mol. The highest BCUT2D eigenvalue weighted by Crippen LogP contribution is 2.43. The molecule has 2 N–H and O–H groups in total. The first-order valence-electron chi connectivity index (χ1n) is 7.39. The first-order chi connectivity index (χ1) is 9.25. The van der Waals surface area contributed by atoms with Gasteiger partial charge in [-0.05, 0) is 30.4 Å². The Bertz CT molecular complexity index is 573. The Kier molecular flexibility index (Phi) is 3.28. The fourth-order valence-corrected chi connectivity index (χ4v) is 3.67. The van der Waals surface area contributed by atoms with E-state index in [-0.39, 0.29) is 5.54 Å². The minimum absolute atomic E-state index is 0.194. The summed E-state index contributed by atoms with van der Waals surface area (Å²) < 4.78 is 0. The van der Waals surface area contributed by atoms with Gasteiger partial charge in [0.05, 0.1) is 5.52 Å². The van der Waals surface area contributed by atoms with E-state index < -0.39 is 0 Å². The number of hydrogen-bond acceptors (Lipinski definition) is 2. The topological polar surface area (TPSA) is 38.9 Å². The SMILES string of the molecule is CCC1CCCCC1(N)c1cccc2cccnc12. The largest absolute Gasteiger partial charge is 0.321 e. The zero-order valence-corrected chi connectivity index (χ0v) is 11.6. The average Bonchev–Trinajstić information content (AvgIpc) is 2.47. The molecule has 0 amide bonds. The van der Waals surface area contributed by atoms with E-state index in [1.807, 2.05) is 12.3 Å². The van der Waals surface area contributed by atoms with Gasteiger partial charge in [0.2, 0.25) is 0 Å². The van der Waals surface area contributed by atoms with Crippen molar-refractivity contribution in [3.8, 4) is 0 Å². The molecule has 0 radical (unpaired) electrons. The van der Waals surface area contributed by atoms with Crippen LogP contribution in [-0.2, 0) is 5.54 Å². The summed E-state index contributed by atoms with van der Waals surface area (Å²) in [7, 11) is 0. The minimum Gasteiger partial charge on any atom is -0.321 e. The van der Waals surface area contributed by atoms with Crippen molar-refractivity contribution in [3.63, 3.8) is 0 Å². The van der Waals surface area contributed by atoms with Crippen molar-refractivity contribution in [1.29, 1.82) is 0 Å². The van der Waals surface area contributed by atoms with Crippen LogP contribution in [0.2, 0.25) is 0 Å². The van der Waals surface area contributed by atoms with Crippen molar-refractivity contribution in [2.24, 2.45) is 11.7 Å². The lowest BCUT2D eigenvalue weighted by atomic mass is 9.68. The molecular formula is C17H22N2. The van der Waals surface area contributed by atoms with Crippen LogP contribution >= 0.6 is 0 Å². The molecule has 100 valence electrons. The minimum atomic E-state index is -0.194. The summed E-state index contributed by atoms with van der Waals surface area (Å²) in [6, 6.07) is 10.5.